The number of halogens is 3. The average Bonchev–Trinajstić information content (AvgIpc) is 2.95. The summed E-state index contributed by atoms with van der Waals surface area (Å²) in [6, 6.07) is 20.6. The third kappa shape index (κ3) is 7.77. The van der Waals surface area contributed by atoms with Gasteiger partial charge in [-0.2, -0.15) is 5.10 Å². The number of amides is 1. The Hall–Kier alpha value is -4.09. The molecule has 13 heteroatoms. The van der Waals surface area contributed by atoms with Gasteiger partial charge in [0.1, 0.15) is 0 Å². The zero-order valence-corrected chi connectivity index (χ0v) is 24.2. The number of rotatable bonds is 9. The molecule has 210 valence electrons. The fourth-order valence-electron chi connectivity index (χ4n) is 3.38. The van der Waals surface area contributed by atoms with E-state index in [1.54, 1.807) is 12.1 Å². The van der Waals surface area contributed by atoms with Crippen molar-refractivity contribution in [2.75, 3.05) is 11.8 Å². The SMILES string of the molecule is COc1cc(/C=N/NC(=O)c2ccc(NS(=O)(=O)c3ccc(Cl)cc3)cc2)ccc1OC(=O)c1ccc(Cl)c(Cl)c1. The summed E-state index contributed by atoms with van der Waals surface area (Å²) in [5.41, 5.74) is 3.67. The number of hydrogen-bond acceptors (Lipinski definition) is 7. The molecule has 2 N–H and O–H groups in total. The summed E-state index contributed by atoms with van der Waals surface area (Å²) >= 11 is 17.7. The lowest BCUT2D eigenvalue weighted by Gasteiger charge is -2.10. The van der Waals surface area contributed by atoms with E-state index in [2.05, 4.69) is 15.2 Å². The second-order valence-corrected chi connectivity index (χ2v) is 11.2. The van der Waals surface area contributed by atoms with E-state index in [0.717, 1.165) is 0 Å². The van der Waals surface area contributed by atoms with E-state index in [4.69, 9.17) is 44.3 Å². The van der Waals surface area contributed by atoms with Gasteiger partial charge in [-0.05, 0) is 90.5 Å². The number of esters is 1. The van der Waals surface area contributed by atoms with Crippen molar-refractivity contribution in [3.05, 3.63) is 117 Å². The Morgan fingerprint density at radius 3 is 2.15 bits per heavy atom. The second kappa shape index (κ2) is 13.0. The molecule has 0 fully saturated rings. The first kappa shape index (κ1) is 29.9. The Bertz CT molecular complexity index is 1730. The summed E-state index contributed by atoms with van der Waals surface area (Å²) in [5, 5.41) is 4.89. The van der Waals surface area contributed by atoms with Gasteiger partial charge in [-0.15, -0.1) is 0 Å². The molecule has 41 heavy (non-hydrogen) atoms. The maximum Gasteiger partial charge on any atom is 0.343 e. The first-order valence-corrected chi connectivity index (χ1v) is 14.2. The van der Waals surface area contributed by atoms with Crippen LogP contribution in [0.25, 0.3) is 0 Å². The van der Waals surface area contributed by atoms with Crippen LogP contribution in [0.1, 0.15) is 26.3 Å². The van der Waals surface area contributed by atoms with Gasteiger partial charge in [0.05, 0.1) is 33.8 Å². The lowest BCUT2D eigenvalue weighted by atomic mass is 10.2. The maximum atomic E-state index is 12.5. The van der Waals surface area contributed by atoms with Gasteiger partial charge in [0, 0.05) is 16.3 Å². The van der Waals surface area contributed by atoms with Crippen LogP contribution >= 0.6 is 34.8 Å². The molecule has 0 aromatic heterocycles. The molecule has 0 unspecified atom stereocenters. The van der Waals surface area contributed by atoms with E-state index in [-0.39, 0.29) is 38.2 Å². The molecule has 0 heterocycles. The normalized spacial score (nSPS) is 11.2. The number of benzene rings is 4. The van der Waals surface area contributed by atoms with E-state index in [1.807, 2.05) is 0 Å². The highest BCUT2D eigenvalue weighted by Crippen LogP contribution is 2.29. The zero-order valence-electron chi connectivity index (χ0n) is 21.1. The van der Waals surface area contributed by atoms with Crippen LogP contribution in [0.2, 0.25) is 15.1 Å². The van der Waals surface area contributed by atoms with Gasteiger partial charge < -0.3 is 9.47 Å². The van der Waals surface area contributed by atoms with Crippen LogP contribution in [0.3, 0.4) is 0 Å². The first-order valence-electron chi connectivity index (χ1n) is 11.6. The molecule has 0 saturated carbocycles. The van der Waals surface area contributed by atoms with Crippen LogP contribution in [0.4, 0.5) is 5.69 Å². The van der Waals surface area contributed by atoms with Crippen molar-refractivity contribution < 1.29 is 27.5 Å². The van der Waals surface area contributed by atoms with Crippen molar-refractivity contribution >= 4 is 68.6 Å². The van der Waals surface area contributed by atoms with Gasteiger partial charge in [0.25, 0.3) is 15.9 Å². The number of nitrogens with one attached hydrogen (secondary N) is 2. The average molecular weight is 633 g/mol. The standard InChI is InChI=1S/C28H20Cl3N3O6S/c1-39-26-14-17(2-13-25(26)40-28(36)19-5-12-23(30)24(31)15-19)16-32-33-27(35)18-3-8-21(9-4-18)34-41(37,38)22-10-6-20(29)7-11-22/h2-16,34H,1H3,(H,33,35)/b32-16+. The summed E-state index contributed by atoms with van der Waals surface area (Å²) in [5.74, 6) is -0.756. The topological polar surface area (TPSA) is 123 Å². The lowest BCUT2D eigenvalue weighted by molar-refractivity contribution is 0.0729. The van der Waals surface area contributed by atoms with Gasteiger partial charge in [0.15, 0.2) is 11.5 Å². The molecule has 0 atom stereocenters. The molecule has 0 aliphatic heterocycles. The Kier molecular flexibility index (Phi) is 9.51. The van der Waals surface area contributed by atoms with E-state index in [9.17, 15) is 18.0 Å². The van der Waals surface area contributed by atoms with Crippen LogP contribution < -0.4 is 19.6 Å². The van der Waals surface area contributed by atoms with Crippen LogP contribution in [0, 0.1) is 0 Å². The lowest BCUT2D eigenvalue weighted by Crippen LogP contribution is -2.18. The van der Waals surface area contributed by atoms with Crippen molar-refractivity contribution in [3.63, 3.8) is 0 Å². The van der Waals surface area contributed by atoms with Crippen LogP contribution in [0.5, 0.6) is 11.5 Å². The Morgan fingerprint density at radius 2 is 1.49 bits per heavy atom. The molecule has 0 aliphatic carbocycles. The number of anilines is 1. The van der Waals surface area contributed by atoms with Gasteiger partial charge in [-0.25, -0.2) is 18.6 Å². The number of nitrogens with zero attached hydrogens (tertiary/aromatic N) is 1. The molecule has 4 rings (SSSR count). The van der Waals surface area contributed by atoms with E-state index in [0.29, 0.717) is 15.6 Å². The minimum Gasteiger partial charge on any atom is -0.493 e. The molecule has 4 aromatic rings. The van der Waals surface area contributed by atoms with Gasteiger partial charge in [-0.3, -0.25) is 9.52 Å². The number of carbonyl (C=O) groups is 2. The Labute approximate surface area is 250 Å². The van der Waals surface area contributed by atoms with Gasteiger partial charge >= 0.3 is 5.97 Å². The summed E-state index contributed by atoms with van der Waals surface area (Å²) in [7, 11) is -2.41. The highest BCUT2D eigenvalue weighted by atomic mass is 35.5. The molecule has 4 aromatic carbocycles. The van der Waals surface area contributed by atoms with Crippen molar-refractivity contribution in [2.45, 2.75) is 4.90 Å². The third-order valence-corrected chi connectivity index (χ3v) is 7.84. The Morgan fingerprint density at radius 1 is 0.805 bits per heavy atom. The fourth-order valence-corrected chi connectivity index (χ4v) is 4.86. The number of sulfonamides is 1. The highest BCUT2D eigenvalue weighted by molar-refractivity contribution is 7.92. The predicted molar refractivity (Wildman–Crippen MR) is 158 cm³/mol. The Balaban J connectivity index is 1.36. The smallest absolute Gasteiger partial charge is 0.343 e. The zero-order chi connectivity index (χ0) is 29.6. The largest absolute Gasteiger partial charge is 0.493 e. The van der Waals surface area contributed by atoms with Crippen molar-refractivity contribution in [1.82, 2.24) is 5.43 Å². The number of methoxy groups -OCH3 is 1. The summed E-state index contributed by atoms with van der Waals surface area (Å²) < 4.78 is 38.2. The quantitative estimate of drug-likeness (QED) is 0.0948. The van der Waals surface area contributed by atoms with E-state index >= 15 is 0 Å². The minimum atomic E-state index is -3.82. The van der Waals surface area contributed by atoms with Crippen molar-refractivity contribution in [3.8, 4) is 11.5 Å². The summed E-state index contributed by atoms with van der Waals surface area (Å²) in [6.07, 6.45) is 1.37. The molecule has 0 radical (unpaired) electrons. The number of ether oxygens (including phenoxy) is 2. The van der Waals surface area contributed by atoms with Crippen LogP contribution in [-0.4, -0.2) is 33.6 Å². The molecule has 0 bridgehead atoms. The van der Waals surface area contributed by atoms with E-state index < -0.39 is 21.9 Å². The molecular weight excluding hydrogens is 613 g/mol. The number of carbonyl (C=O) groups excluding carboxylic acids is 2. The summed E-state index contributed by atoms with van der Waals surface area (Å²) in [4.78, 5) is 25.0. The number of hydrogen-bond donors (Lipinski definition) is 2. The molecule has 0 aliphatic rings. The fraction of sp³-hybridized carbons (Fsp3) is 0.0357. The molecule has 0 saturated heterocycles. The van der Waals surface area contributed by atoms with Crippen molar-refractivity contribution in [1.29, 1.82) is 0 Å². The molecular formula is C28H20Cl3N3O6S. The molecule has 0 spiro atoms. The third-order valence-electron chi connectivity index (χ3n) is 5.45. The predicted octanol–water partition coefficient (Wildman–Crippen LogP) is 6.44. The van der Waals surface area contributed by atoms with Crippen LogP contribution in [-0.2, 0) is 10.0 Å². The number of hydrazone groups is 1. The van der Waals surface area contributed by atoms with Gasteiger partial charge in [-0.1, -0.05) is 34.8 Å². The summed E-state index contributed by atoms with van der Waals surface area (Å²) in [6.45, 7) is 0. The maximum absolute atomic E-state index is 12.5. The van der Waals surface area contributed by atoms with Gasteiger partial charge in [0.2, 0.25) is 0 Å². The van der Waals surface area contributed by atoms with Crippen LogP contribution in [0.15, 0.2) is 94.9 Å². The first-order chi connectivity index (χ1) is 19.6. The second-order valence-electron chi connectivity index (χ2n) is 8.26. The van der Waals surface area contributed by atoms with E-state index in [1.165, 1.54) is 86.1 Å². The molecule has 1 amide bonds. The monoisotopic (exact) mass is 631 g/mol. The molecule has 9 nitrogen and oxygen atoms in total. The highest BCUT2D eigenvalue weighted by Gasteiger charge is 2.16. The minimum absolute atomic E-state index is 0.0485. The van der Waals surface area contributed by atoms with Crippen molar-refractivity contribution in [2.24, 2.45) is 5.10 Å².